The van der Waals surface area contributed by atoms with Gasteiger partial charge in [0.25, 0.3) is 0 Å². The monoisotopic (exact) mass is 258 g/mol. The third-order valence-corrected chi connectivity index (χ3v) is 4.78. The van der Waals surface area contributed by atoms with Gasteiger partial charge in [0.15, 0.2) is 0 Å². The number of benzene rings is 1. The summed E-state index contributed by atoms with van der Waals surface area (Å²) in [5, 5.41) is 3.76. The highest BCUT2D eigenvalue weighted by atomic mass is 15.2. The maximum absolute atomic E-state index is 3.76. The number of hydrogen-bond acceptors (Lipinski definition) is 2. The van der Waals surface area contributed by atoms with Gasteiger partial charge in [-0.15, -0.1) is 0 Å². The van der Waals surface area contributed by atoms with E-state index in [1.807, 2.05) is 0 Å². The van der Waals surface area contributed by atoms with Crippen LogP contribution in [0.1, 0.15) is 25.3 Å². The highest BCUT2D eigenvalue weighted by Crippen LogP contribution is 2.36. The molecule has 2 heteroatoms. The highest BCUT2D eigenvalue weighted by Gasteiger charge is 2.33. The molecule has 0 amide bonds. The maximum Gasteiger partial charge on any atom is 0.0207 e. The molecule has 1 aromatic carbocycles. The normalized spacial score (nSPS) is 30.7. The van der Waals surface area contributed by atoms with Gasteiger partial charge in [-0.3, -0.25) is 0 Å². The van der Waals surface area contributed by atoms with Crippen LogP contribution in [0.2, 0.25) is 0 Å². The third kappa shape index (κ3) is 3.80. The number of hydrogen-bond donors (Lipinski definition) is 1. The number of nitrogens with one attached hydrogen (secondary N) is 1. The molecule has 2 nitrogen and oxygen atoms in total. The Morgan fingerprint density at radius 2 is 2.05 bits per heavy atom. The van der Waals surface area contributed by atoms with Gasteiger partial charge in [-0.25, -0.2) is 0 Å². The molecule has 1 N–H and O–H groups in total. The molecular formula is C17H26N2. The van der Waals surface area contributed by atoms with Crippen LogP contribution in [0.4, 0.5) is 0 Å². The molecule has 0 bridgehead atoms. The lowest BCUT2D eigenvalue weighted by atomic mass is 10.1. The van der Waals surface area contributed by atoms with Crippen LogP contribution in [-0.2, 0) is 6.42 Å². The molecule has 3 rings (SSSR count). The molecule has 0 spiro atoms. The van der Waals surface area contributed by atoms with Crippen molar-refractivity contribution in [2.45, 2.75) is 32.2 Å². The Morgan fingerprint density at radius 1 is 1.26 bits per heavy atom. The van der Waals surface area contributed by atoms with Crippen molar-refractivity contribution in [3.8, 4) is 0 Å². The first-order valence-corrected chi connectivity index (χ1v) is 7.81. The van der Waals surface area contributed by atoms with Crippen LogP contribution >= 0.6 is 0 Å². The molecule has 19 heavy (non-hydrogen) atoms. The molecular weight excluding hydrogens is 232 g/mol. The van der Waals surface area contributed by atoms with E-state index in [2.05, 4.69) is 47.5 Å². The quantitative estimate of drug-likeness (QED) is 0.843. The molecule has 2 aliphatic rings. The Kier molecular flexibility index (Phi) is 4.19. The minimum absolute atomic E-state index is 0.739. The van der Waals surface area contributed by atoms with Crippen LogP contribution < -0.4 is 5.32 Å². The largest absolute Gasteiger partial charge is 0.312 e. The van der Waals surface area contributed by atoms with Crippen LogP contribution in [0.3, 0.4) is 0 Å². The van der Waals surface area contributed by atoms with Gasteiger partial charge < -0.3 is 10.2 Å². The van der Waals surface area contributed by atoms with Crippen molar-refractivity contribution in [2.24, 2.45) is 11.8 Å². The van der Waals surface area contributed by atoms with Crippen molar-refractivity contribution in [3.05, 3.63) is 35.9 Å². The molecule has 3 atom stereocenters. The number of likely N-dealkylation sites (tertiary alicyclic amines) is 1. The first-order valence-electron chi connectivity index (χ1n) is 7.81. The van der Waals surface area contributed by atoms with E-state index in [0.29, 0.717) is 0 Å². The zero-order valence-corrected chi connectivity index (χ0v) is 12.0. The fourth-order valence-electron chi connectivity index (χ4n) is 3.14. The summed E-state index contributed by atoms with van der Waals surface area (Å²) in [4.78, 5) is 2.61. The summed E-state index contributed by atoms with van der Waals surface area (Å²) >= 11 is 0. The van der Waals surface area contributed by atoms with E-state index >= 15 is 0 Å². The van der Waals surface area contributed by atoms with E-state index in [-0.39, 0.29) is 0 Å². The Hall–Kier alpha value is -0.860. The average molecular weight is 258 g/mol. The van der Waals surface area contributed by atoms with Gasteiger partial charge in [-0.1, -0.05) is 37.3 Å². The first kappa shape index (κ1) is 13.1. The molecule has 1 heterocycles. The van der Waals surface area contributed by atoms with E-state index in [1.165, 1.54) is 51.0 Å². The maximum atomic E-state index is 3.76. The fraction of sp³-hybridized carbons (Fsp3) is 0.647. The molecule has 1 aliphatic carbocycles. The van der Waals surface area contributed by atoms with Gasteiger partial charge in [0, 0.05) is 19.1 Å². The summed E-state index contributed by atoms with van der Waals surface area (Å²) in [6.45, 7) is 7.34. The zero-order valence-electron chi connectivity index (χ0n) is 12.0. The lowest BCUT2D eigenvalue weighted by molar-refractivity contribution is 0.331. The third-order valence-electron chi connectivity index (χ3n) is 4.78. The van der Waals surface area contributed by atoms with Gasteiger partial charge in [-0.05, 0) is 49.8 Å². The molecule has 0 radical (unpaired) electrons. The van der Waals surface area contributed by atoms with Crippen molar-refractivity contribution < 1.29 is 0 Å². The van der Waals surface area contributed by atoms with Crippen molar-refractivity contribution in [2.75, 3.05) is 26.2 Å². The predicted molar refractivity (Wildman–Crippen MR) is 80.3 cm³/mol. The van der Waals surface area contributed by atoms with Gasteiger partial charge >= 0.3 is 0 Å². The molecule has 1 saturated carbocycles. The molecule has 3 unspecified atom stereocenters. The number of nitrogens with zero attached hydrogens (tertiary/aromatic N) is 1. The van der Waals surface area contributed by atoms with Crippen LogP contribution in [0, 0.1) is 11.8 Å². The topological polar surface area (TPSA) is 15.3 Å². The second-order valence-electron chi connectivity index (χ2n) is 6.40. The fourth-order valence-corrected chi connectivity index (χ4v) is 3.14. The van der Waals surface area contributed by atoms with Gasteiger partial charge in [0.2, 0.25) is 0 Å². The molecule has 1 aromatic rings. The summed E-state index contributed by atoms with van der Waals surface area (Å²) in [5.74, 6) is 1.95. The predicted octanol–water partition coefficient (Wildman–Crippen LogP) is 2.55. The Labute approximate surface area is 117 Å². The SMILES string of the molecule is CC1CC1CNC1CCN(CCc2ccccc2)C1. The van der Waals surface area contributed by atoms with Crippen molar-refractivity contribution >= 4 is 0 Å². The molecule has 104 valence electrons. The first-order chi connectivity index (χ1) is 9.31. The summed E-state index contributed by atoms with van der Waals surface area (Å²) in [6.07, 6.45) is 3.96. The molecule has 2 fully saturated rings. The summed E-state index contributed by atoms with van der Waals surface area (Å²) in [5.41, 5.74) is 1.46. The summed E-state index contributed by atoms with van der Waals surface area (Å²) in [7, 11) is 0. The molecule has 0 aromatic heterocycles. The number of rotatable bonds is 6. The van der Waals surface area contributed by atoms with E-state index in [1.54, 1.807) is 0 Å². The second kappa shape index (κ2) is 6.06. The molecule has 1 aliphatic heterocycles. The van der Waals surface area contributed by atoms with E-state index in [4.69, 9.17) is 0 Å². The average Bonchev–Trinajstić information content (AvgIpc) is 2.97. The smallest absolute Gasteiger partial charge is 0.0207 e. The van der Waals surface area contributed by atoms with Crippen LogP contribution in [0.25, 0.3) is 0 Å². The van der Waals surface area contributed by atoms with Gasteiger partial charge in [0.1, 0.15) is 0 Å². The van der Waals surface area contributed by atoms with Gasteiger partial charge in [-0.2, -0.15) is 0 Å². The van der Waals surface area contributed by atoms with Crippen LogP contribution in [0.5, 0.6) is 0 Å². The van der Waals surface area contributed by atoms with E-state index in [9.17, 15) is 0 Å². The lowest BCUT2D eigenvalue weighted by Gasteiger charge is -2.16. The zero-order chi connectivity index (χ0) is 13.1. The minimum Gasteiger partial charge on any atom is -0.312 e. The highest BCUT2D eigenvalue weighted by molar-refractivity contribution is 5.14. The Bertz CT molecular complexity index is 390. The van der Waals surface area contributed by atoms with Crippen molar-refractivity contribution in [1.29, 1.82) is 0 Å². The van der Waals surface area contributed by atoms with Gasteiger partial charge in [0.05, 0.1) is 0 Å². The second-order valence-corrected chi connectivity index (χ2v) is 6.40. The van der Waals surface area contributed by atoms with E-state index in [0.717, 1.165) is 17.9 Å². The standard InChI is InChI=1S/C17H26N2/c1-14-11-16(14)12-18-17-8-10-19(13-17)9-7-15-5-3-2-4-6-15/h2-6,14,16-18H,7-13H2,1H3. The van der Waals surface area contributed by atoms with Crippen LogP contribution in [-0.4, -0.2) is 37.1 Å². The lowest BCUT2D eigenvalue weighted by Crippen LogP contribution is -2.34. The minimum atomic E-state index is 0.739. The summed E-state index contributed by atoms with van der Waals surface area (Å²) in [6, 6.07) is 11.6. The summed E-state index contributed by atoms with van der Waals surface area (Å²) < 4.78 is 0. The Morgan fingerprint density at radius 3 is 2.79 bits per heavy atom. The van der Waals surface area contributed by atoms with Crippen molar-refractivity contribution in [3.63, 3.8) is 0 Å². The van der Waals surface area contributed by atoms with Crippen molar-refractivity contribution in [1.82, 2.24) is 10.2 Å². The Balaban J connectivity index is 1.35. The molecule has 1 saturated heterocycles. The van der Waals surface area contributed by atoms with E-state index < -0.39 is 0 Å². The van der Waals surface area contributed by atoms with Crippen LogP contribution in [0.15, 0.2) is 30.3 Å².